The van der Waals surface area contributed by atoms with E-state index in [0.29, 0.717) is 50.9 Å². The molecule has 4 heterocycles. The van der Waals surface area contributed by atoms with Crippen LogP contribution in [0.3, 0.4) is 0 Å². The number of pyridine rings is 1. The summed E-state index contributed by atoms with van der Waals surface area (Å²) in [5.41, 5.74) is 9.64. The van der Waals surface area contributed by atoms with Crippen LogP contribution in [0.2, 0.25) is 0 Å². The van der Waals surface area contributed by atoms with Gasteiger partial charge in [-0.2, -0.15) is 5.10 Å². The first-order chi connectivity index (χ1) is 16.0. The summed E-state index contributed by atoms with van der Waals surface area (Å²) in [5.74, 6) is -0.850. The van der Waals surface area contributed by atoms with Gasteiger partial charge < -0.3 is 10.7 Å². The molecule has 0 unspecified atom stereocenters. The third kappa shape index (κ3) is 3.87. The minimum Gasteiger partial charge on any atom is -0.364 e. The highest BCUT2D eigenvalue weighted by atomic mass is 32.1. The number of rotatable bonds is 6. The Morgan fingerprint density at radius 1 is 1.12 bits per heavy atom. The number of aryl methyl sites for hydroxylation is 1. The molecule has 5 aromatic rings. The molecule has 10 heteroatoms. The highest BCUT2D eigenvalue weighted by Gasteiger charge is 2.19. The van der Waals surface area contributed by atoms with Crippen LogP contribution >= 0.6 is 11.3 Å². The van der Waals surface area contributed by atoms with Crippen molar-refractivity contribution >= 4 is 39.3 Å². The Kier molecular flexibility index (Phi) is 5.19. The fourth-order valence-corrected chi connectivity index (χ4v) is 4.25. The maximum absolute atomic E-state index is 13.3. The molecule has 5 rings (SSSR count). The quantitative estimate of drug-likeness (QED) is 0.356. The molecular formula is C23H19N7O2S. The molecule has 0 aliphatic heterocycles. The SMILES string of the molecule is CCn1ncc2c(C(=O)Nc3nc(-c4c[nH]c(C(N)=O)c4)cs3)cc(-c3ccccc3)nc21. The predicted molar refractivity (Wildman–Crippen MR) is 127 cm³/mol. The molecule has 0 saturated carbocycles. The molecule has 9 nitrogen and oxygen atoms in total. The molecule has 1 aromatic carbocycles. The van der Waals surface area contributed by atoms with Crippen LogP contribution in [0.1, 0.15) is 27.8 Å². The minimum atomic E-state index is -0.548. The zero-order valence-corrected chi connectivity index (χ0v) is 18.4. The van der Waals surface area contributed by atoms with E-state index in [9.17, 15) is 9.59 Å². The van der Waals surface area contributed by atoms with Gasteiger partial charge in [-0.05, 0) is 19.1 Å². The molecule has 2 amide bonds. The molecule has 0 saturated heterocycles. The summed E-state index contributed by atoms with van der Waals surface area (Å²) in [6, 6.07) is 13.1. The standard InChI is InChI=1S/C23H19N7O2S/c1-2-30-21-16(11-26-30)15(9-17(27-21)13-6-4-3-5-7-13)22(32)29-23-28-19(12-33-23)14-8-18(20(24)31)25-10-14/h3-12,25H,2H2,1H3,(H2,24,31)(H,28,29,32). The lowest BCUT2D eigenvalue weighted by atomic mass is 10.1. The van der Waals surface area contributed by atoms with Crippen molar-refractivity contribution in [3.63, 3.8) is 0 Å². The van der Waals surface area contributed by atoms with Crippen LogP contribution in [-0.4, -0.2) is 36.5 Å². The number of hydrogen-bond acceptors (Lipinski definition) is 6. The second kappa shape index (κ2) is 8.32. The van der Waals surface area contributed by atoms with Crippen LogP contribution in [0.5, 0.6) is 0 Å². The van der Waals surface area contributed by atoms with Gasteiger partial charge in [-0.1, -0.05) is 30.3 Å². The van der Waals surface area contributed by atoms with Crippen molar-refractivity contribution in [3.8, 4) is 22.5 Å². The van der Waals surface area contributed by atoms with E-state index < -0.39 is 5.91 Å². The van der Waals surface area contributed by atoms with Crippen LogP contribution in [0.15, 0.2) is 60.2 Å². The number of nitrogens with zero attached hydrogens (tertiary/aromatic N) is 4. The molecular weight excluding hydrogens is 438 g/mol. The first-order valence-corrected chi connectivity index (χ1v) is 11.1. The number of fused-ring (bicyclic) bond motifs is 1. The van der Waals surface area contributed by atoms with Gasteiger partial charge >= 0.3 is 0 Å². The fourth-order valence-electron chi connectivity index (χ4n) is 3.54. The van der Waals surface area contributed by atoms with E-state index in [-0.39, 0.29) is 5.91 Å². The topological polar surface area (TPSA) is 132 Å². The molecule has 0 bridgehead atoms. The zero-order valence-electron chi connectivity index (χ0n) is 17.6. The lowest BCUT2D eigenvalue weighted by Gasteiger charge is -2.08. The first-order valence-electron chi connectivity index (χ1n) is 10.2. The zero-order chi connectivity index (χ0) is 22.9. The van der Waals surface area contributed by atoms with Crippen molar-refractivity contribution < 1.29 is 9.59 Å². The molecule has 4 aromatic heterocycles. The maximum Gasteiger partial charge on any atom is 0.265 e. The Morgan fingerprint density at radius 3 is 2.67 bits per heavy atom. The number of thiazole rings is 1. The van der Waals surface area contributed by atoms with Gasteiger partial charge in [0.1, 0.15) is 5.69 Å². The largest absolute Gasteiger partial charge is 0.364 e. The summed E-state index contributed by atoms with van der Waals surface area (Å²) in [7, 11) is 0. The third-order valence-corrected chi connectivity index (χ3v) is 5.95. The summed E-state index contributed by atoms with van der Waals surface area (Å²) in [6.45, 7) is 2.61. The number of nitrogens with two attached hydrogens (primary N) is 1. The highest BCUT2D eigenvalue weighted by molar-refractivity contribution is 7.14. The number of anilines is 1. The number of amides is 2. The van der Waals surface area contributed by atoms with Crippen molar-refractivity contribution in [2.45, 2.75) is 13.5 Å². The molecule has 164 valence electrons. The van der Waals surface area contributed by atoms with Crippen molar-refractivity contribution in [1.29, 1.82) is 0 Å². The summed E-state index contributed by atoms with van der Waals surface area (Å²) in [4.78, 5) is 36.6. The lowest BCUT2D eigenvalue weighted by Crippen LogP contribution is -2.13. The number of aromatic amines is 1. The average Bonchev–Trinajstić information content (AvgIpc) is 3.58. The molecule has 33 heavy (non-hydrogen) atoms. The Morgan fingerprint density at radius 2 is 1.94 bits per heavy atom. The predicted octanol–water partition coefficient (Wildman–Crippen LogP) is 3.92. The van der Waals surface area contributed by atoms with E-state index in [4.69, 9.17) is 10.7 Å². The average molecular weight is 458 g/mol. The molecule has 0 radical (unpaired) electrons. The molecule has 0 spiro atoms. The van der Waals surface area contributed by atoms with Gasteiger partial charge in [0.25, 0.3) is 11.8 Å². The van der Waals surface area contributed by atoms with E-state index in [2.05, 4.69) is 20.4 Å². The van der Waals surface area contributed by atoms with Crippen LogP contribution < -0.4 is 11.1 Å². The molecule has 0 atom stereocenters. The summed E-state index contributed by atoms with van der Waals surface area (Å²) in [6.07, 6.45) is 3.31. The third-order valence-electron chi connectivity index (χ3n) is 5.19. The summed E-state index contributed by atoms with van der Waals surface area (Å²) >= 11 is 1.29. The van der Waals surface area contributed by atoms with Gasteiger partial charge in [0.15, 0.2) is 10.8 Å². The Bertz CT molecular complexity index is 1480. The minimum absolute atomic E-state index is 0.296. The monoisotopic (exact) mass is 457 g/mol. The number of benzene rings is 1. The van der Waals surface area contributed by atoms with Crippen LogP contribution in [-0.2, 0) is 6.54 Å². The first kappa shape index (κ1) is 20.6. The van der Waals surface area contributed by atoms with Gasteiger partial charge in [-0.3, -0.25) is 14.9 Å². The fraction of sp³-hybridized carbons (Fsp3) is 0.0870. The van der Waals surface area contributed by atoms with E-state index >= 15 is 0 Å². The Hall–Kier alpha value is -4.31. The molecule has 0 aliphatic rings. The van der Waals surface area contributed by atoms with Crippen molar-refractivity contribution in [3.05, 3.63) is 71.5 Å². The van der Waals surface area contributed by atoms with E-state index in [1.807, 2.05) is 37.3 Å². The Labute approximate surface area is 192 Å². The Balaban J connectivity index is 1.49. The normalized spacial score (nSPS) is 11.1. The lowest BCUT2D eigenvalue weighted by molar-refractivity contribution is 0.0994. The van der Waals surface area contributed by atoms with Gasteiger partial charge in [-0.15, -0.1) is 11.3 Å². The van der Waals surface area contributed by atoms with Crippen LogP contribution in [0.4, 0.5) is 5.13 Å². The number of aromatic nitrogens is 5. The highest BCUT2D eigenvalue weighted by Crippen LogP contribution is 2.28. The van der Waals surface area contributed by atoms with Crippen LogP contribution in [0.25, 0.3) is 33.5 Å². The van der Waals surface area contributed by atoms with Crippen LogP contribution in [0, 0.1) is 0 Å². The number of hydrogen-bond donors (Lipinski definition) is 3. The number of nitrogens with one attached hydrogen (secondary N) is 2. The van der Waals surface area contributed by atoms with Gasteiger partial charge in [0, 0.05) is 29.2 Å². The van der Waals surface area contributed by atoms with Gasteiger partial charge in [0.2, 0.25) is 0 Å². The van der Waals surface area contributed by atoms with Gasteiger partial charge in [0.05, 0.1) is 28.5 Å². The van der Waals surface area contributed by atoms with Crippen molar-refractivity contribution in [2.24, 2.45) is 5.73 Å². The summed E-state index contributed by atoms with van der Waals surface area (Å²) < 4.78 is 1.77. The second-order valence-electron chi connectivity index (χ2n) is 7.28. The number of primary amides is 1. The van der Waals surface area contributed by atoms with E-state index in [0.717, 1.165) is 5.56 Å². The van der Waals surface area contributed by atoms with E-state index in [1.54, 1.807) is 34.6 Å². The second-order valence-corrected chi connectivity index (χ2v) is 8.14. The maximum atomic E-state index is 13.3. The number of carbonyl (C=O) groups is 2. The van der Waals surface area contributed by atoms with Crippen molar-refractivity contribution in [1.82, 2.24) is 24.7 Å². The summed E-state index contributed by atoms with van der Waals surface area (Å²) in [5, 5.41) is 10.2. The number of carbonyl (C=O) groups excluding carboxylic acids is 2. The molecule has 0 aliphatic carbocycles. The molecule has 0 fully saturated rings. The smallest absolute Gasteiger partial charge is 0.265 e. The number of H-pyrrole nitrogens is 1. The van der Waals surface area contributed by atoms with Gasteiger partial charge in [-0.25, -0.2) is 14.6 Å². The molecule has 4 N–H and O–H groups in total. The van der Waals surface area contributed by atoms with Crippen molar-refractivity contribution in [2.75, 3.05) is 5.32 Å². The van der Waals surface area contributed by atoms with E-state index in [1.165, 1.54) is 11.3 Å².